The summed E-state index contributed by atoms with van der Waals surface area (Å²) in [6.45, 7) is 0.302. The number of nitrogens with zero attached hydrogens (tertiary/aromatic N) is 2. The molecular formula is C18H19N3O4. The Kier molecular flexibility index (Phi) is 4.01. The van der Waals surface area contributed by atoms with Crippen molar-refractivity contribution in [2.45, 2.75) is 31.9 Å². The van der Waals surface area contributed by atoms with Gasteiger partial charge >= 0.3 is 0 Å². The summed E-state index contributed by atoms with van der Waals surface area (Å²) in [7, 11) is 0. The van der Waals surface area contributed by atoms with Gasteiger partial charge in [0.05, 0.1) is 12.4 Å². The Morgan fingerprint density at radius 2 is 2.20 bits per heavy atom. The molecule has 4 rings (SSSR count). The number of fused-ring (bicyclic) bond motifs is 3. The minimum Gasteiger partial charge on any atom is -0.448 e. The minimum absolute atomic E-state index is 0.0941. The Hall–Kier alpha value is -2.67. The van der Waals surface area contributed by atoms with E-state index in [-0.39, 0.29) is 35.6 Å². The molecule has 7 heteroatoms. The number of hydrogen-bond acceptors (Lipinski definition) is 5. The molecule has 0 bridgehead atoms. The number of hydrogen-bond donors (Lipinski definition) is 2. The lowest BCUT2D eigenvalue weighted by atomic mass is 10.1. The standard InChI is InChI=1S/C18H19N3O4/c22-13-6-3-4-11(13)8-19-15(23)9-21-10-20-16-12-5-1-2-7-14(12)25-17(16)18(21)24/h1-2,5,7,10-11,13,22H,3-4,6,8-9H2,(H,19,23). The van der Waals surface area contributed by atoms with Gasteiger partial charge in [0.15, 0.2) is 0 Å². The van der Waals surface area contributed by atoms with Gasteiger partial charge in [0.25, 0.3) is 5.56 Å². The van der Waals surface area contributed by atoms with E-state index >= 15 is 0 Å². The first-order valence-corrected chi connectivity index (χ1v) is 8.45. The topological polar surface area (TPSA) is 97.4 Å². The van der Waals surface area contributed by atoms with Crippen molar-refractivity contribution in [2.75, 3.05) is 6.54 Å². The van der Waals surface area contributed by atoms with Gasteiger partial charge in [-0.15, -0.1) is 0 Å². The van der Waals surface area contributed by atoms with Crippen molar-refractivity contribution < 1.29 is 14.3 Å². The Labute approximate surface area is 143 Å². The SMILES string of the molecule is O=C(Cn1cnc2c(oc3ccccc32)c1=O)NCC1CCCC1O. The third-order valence-electron chi connectivity index (χ3n) is 4.84. The van der Waals surface area contributed by atoms with Crippen LogP contribution in [0.15, 0.2) is 39.8 Å². The summed E-state index contributed by atoms with van der Waals surface area (Å²) >= 11 is 0. The summed E-state index contributed by atoms with van der Waals surface area (Å²) in [6.07, 6.45) is 3.70. The van der Waals surface area contributed by atoms with Crippen molar-refractivity contribution in [1.29, 1.82) is 0 Å². The molecule has 2 heterocycles. The van der Waals surface area contributed by atoms with Gasteiger partial charge in [-0.2, -0.15) is 0 Å². The molecule has 0 spiro atoms. The fourth-order valence-corrected chi connectivity index (χ4v) is 3.44. The summed E-state index contributed by atoms with van der Waals surface area (Å²) in [5.74, 6) is -0.185. The summed E-state index contributed by atoms with van der Waals surface area (Å²) in [5, 5.41) is 13.4. The predicted octanol–water partition coefficient (Wildman–Crippen LogP) is 1.42. The molecule has 2 unspecified atom stereocenters. The van der Waals surface area contributed by atoms with Crippen LogP contribution in [0.4, 0.5) is 0 Å². The maximum atomic E-state index is 12.6. The molecule has 1 aliphatic rings. The van der Waals surface area contributed by atoms with Gasteiger partial charge in [0, 0.05) is 17.8 Å². The van der Waals surface area contributed by atoms with E-state index in [1.807, 2.05) is 18.2 Å². The van der Waals surface area contributed by atoms with E-state index in [0.717, 1.165) is 24.6 Å². The zero-order valence-corrected chi connectivity index (χ0v) is 13.6. The third kappa shape index (κ3) is 2.91. The van der Waals surface area contributed by atoms with Gasteiger partial charge in [-0.25, -0.2) is 4.98 Å². The van der Waals surface area contributed by atoms with Crippen LogP contribution in [-0.2, 0) is 11.3 Å². The number of carbonyl (C=O) groups excluding carboxylic acids is 1. The fourth-order valence-electron chi connectivity index (χ4n) is 3.44. The number of nitrogens with one attached hydrogen (secondary N) is 1. The van der Waals surface area contributed by atoms with E-state index in [4.69, 9.17) is 4.42 Å². The molecule has 0 radical (unpaired) electrons. The smallest absolute Gasteiger partial charge is 0.297 e. The highest BCUT2D eigenvalue weighted by molar-refractivity contribution is 6.01. The zero-order chi connectivity index (χ0) is 17.4. The van der Waals surface area contributed by atoms with Crippen molar-refractivity contribution in [3.63, 3.8) is 0 Å². The summed E-state index contributed by atoms with van der Waals surface area (Å²) in [6, 6.07) is 7.31. The second-order valence-electron chi connectivity index (χ2n) is 6.52. The molecule has 1 aliphatic carbocycles. The lowest BCUT2D eigenvalue weighted by Gasteiger charge is -2.15. The second kappa shape index (κ2) is 6.33. The lowest BCUT2D eigenvalue weighted by Crippen LogP contribution is -2.36. The van der Waals surface area contributed by atoms with Gasteiger partial charge in [0.2, 0.25) is 11.5 Å². The number of carbonyl (C=O) groups is 1. The van der Waals surface area contributed by atoms with E-state index < -0.39 is 0 Å². The molecule has 2 aromatic heterocycles. The highest BCUT2D eigenvalue weighted by Crippen LogP contribution is 2.25. The van der Waals surface area contributed by atoms with Crippen LogP contribution in [0.25, 0.3) is 22.1 Å². The molecule has 2 N–H and O–H groups in total. The maximum absolute atomic E-state index is 12.6. The molecule has 3 aromatic rings. The van der Waals surface area contributed by atoms with Gasteiger partial charge in [-0.05, 0) is 25.0 Å². The first kappa shape index (κ1) is 15.8. The highest BCUT2D eigenvalue weighted by atomic mass is 16.3. The number of aliphatic hydroxyl groups excluding tert-OH is 1. The largest absolute Gasteiger partial charge is 0.448 e. The molecule has 0 aliphatic heterocycles. The number of amides is 1. The first-order valence-electron chi connectivity index (χ1n) is 8.45. The molecule has 1 amide bonds. The van der Waals surface area contributed by atoms with Crippen molar-refractivity contribution in [1.82, 2.24) is 14.9 Å². The van der Waals surface area contributed by atoms with Crippen molar-refractivity contribution in [3.8, 4) is 0 Å². The molecule has 130 valence electrons. The normalized spacial score (nSPS) is 20.4. The molecule has 2 atom stereocenters. The average Bonchev–Trinajstić information content (AvgIpc) is 3.19. The number of para-hydroxylation sites is 1. The van der Waals surface area contributed by atoms with E-state index in [1.165, 1.54) is 10.9 Å². The summed E-state index contributed by atoms with van der Waals surface area (Å²) in [4.78, 5) is 29.0. The van der Waals surface area contributed by atoms with Crippen LogP contribution in [0.5, 0.6) is 0 Å². The lowest BCUT2D eigenvalue weighted by molar-refractivity contribution is -0.122. The third-order valence-corrected chi connectivity index (χ3v) is 4.84. The Bertz CT molecular complexity index is 991. The van der Waals surface area contributed by atoms with Crippen LogP contribution in [0, 0.1) is 5.92 Å². The van der Waals surface area contributed by atoms with E-state index in [1.54, 1.807) is 6.07 Å². The minimum atomic E-state index is -0.378. The van der Waals surface area contributed by atoms with Crippen LogP contribution >= 0.6 is 0 Å². The van der Waals surface area contributed by atoms with Gasteiger partial charge in [-0.1, -0.05) is 18.6 Å². The van der Waals surface area contributed by atoms with Crippen molar-refractivity contribution in [3.05, 3.63) is 40.9 Å². The quantitative estimate of drug-likeness (QED) is 0.748. The van der Waals surface area contributed by atoms with Crippen LogP contribution in [0.3, 0.4) is 0 Å². The van der Waals surface area contributed by atoms with Gasteiger partial charge in [-0.3, -0.25) is 14.2 Å². The predicted molar refractivity (Wildman–Crippen MR) is 92.1 cm³/mol. The molecule has 0 saturated heterocycles. The maximum Gasteiger partial charge on any atom is 0.297 e. The van der Waals surface area contributed by atoms with E-state index in [9.17, 15) is 14.7 Å². The number of benzene rings is 1. The van der Waals surface area contributed by atoms with Crippen LogP contribution < -0.4 is 10.9 Å². The van der Waals surface area contributed by atoms with Crippen LogP contribution in [0.1, 0.15) is 19.3 Å². The molecule has 1 aromatic carbocycles. The van der Waals surface area contributed by atoms with Gasteiger partial charge in [0.1, 0.15) is 17.6 Å². The first-order chi connectivity index (χ1) is 12.1. The Balaban J connectivity index is 1.53. The molecule has 1 saturated carbocycles. The number of aliphatic hydroxyl groups is 1. The highest BCUT2D eigenvalue weighted by Gasteiger charge is 2.25. The van der Waals surface area contributed by atoms with E-state index in [2.05, 4.69) is 10.3 Å². The summed E-state index contributed by atoms with van der Waals surface area (Å²) in [5.41, 5.74) is 0.880. The Morgan fingerprint density at radius 1 is 1.36 bits per heavy atom. The monoisotopic (exact) mass is 341 g/mol. The van der Waals surface area contributed by atoms with Crippen LogP contribution in [0.2, 0.25) is 0 Å². The number of furan rings is 1. The van der Waals surface area contributed by atoms with Crippen molar-refractivity contribution >= 4 is 28.0 Å². The zero-order valence-electron chi connectivity index (χ0n) is 13.6. The average molecular weight is 341 g/mol. The molecule has 1 fully saturated rings. The molecule has 25 heavy (non-hydrogen) atoms. The molecule has 7 nitrogen and oxygen atoms in total. The number of rotatable bonds is 4. The number of aromatic nitrogens is 2. The van der Waals surface area contributed by atoms with E-state index in [0.29, 0.717) is 17.6 Å². The van der Waals surface area contributed by atoms with Crippen molar-refractivity contribution in [2.24, 2.45) is 5.92 Å². The molecular weight excluding hydrogens is 322 g/mol. The second-order valence-corrected chi connectivity index (χ2v) is 6.52. The summed E-state index contributed by atoms with van der Waals surface area (Å²) < 4.78 is 6.84. The van der Waals surface area contributed by atoms with Crippen LogP contribution in [-0.4, -0.2) is 33.2 Å². The Morgan fingerprint density at radius 3 is 3.00 bits per heavy atom. The fraction of sp³-hybridized carbons (Fsp3) is 0.389. The van der Waals surface area contributed by atoms with Gasteiger partial charge < -0.3 is 14.8 Å².